The van der Waals surface area contributed by atoms with Gasteiger partial charge in [0.25, 0.3) is 0 Å². The second-order valence-corrected chi connectivity index (χ2v) is 7.63. The van der Waals surface area contributed by atoms with Crippen LogP contribution < -0.4 is 0 Å². The second-order valence-electron chi connectivity index (χ2n) is 7.63. The Bertz CT molecular complexity index is 1070. The average Bonchev–Trinajstić information content (AvgIpc) is 3.20. The number of fused-ring (bicyclic) bond motifs is 1. The Morgan fingerprint density at radius 1 is 1.20 bits per heavy atom. The predicted molar refractivity (Wildman–Crippen MR) is 104 cm³/mol. The Hall–Kier alpha value is -2.78. The van der Waals surface area contributed by atoms with Gasteiger partial charge in [0.2, 0.25) is 0 Å². The number of nitrogens with zero attached hydrogens (tertiary/aromatic N) is 4. The van der Waals surface area contributed by atoms with E-state index < -0.39 is 18.0 Å². The molecule has 0 radical (unpaired) electrons. The topological polar surface area (TPSA) is 77.9 Å². The lowest BCUT2D eigenvalue weighted by Crippen LogP contribution is -2.42. The van der Waals surface area contributed by atoms with Gasteiger partial charge in [-0.05, 0) is 50.5 Å². The first-order valence-electron chi connectivity index (χ1n) is 9.63. The fourth-order valence-corrected chi connectivity index (χ4v) is 4.10. The van der Waals surface area contributed by atoms with E-state index in [0.717, 1.165) is 28.7 Å². The van der Waals surface area contributed by atoms with E-state index in [9.17, 15) is 18.3 Å². The van der Waals surface area contributed by atoms with Crippen LogP contribution in [0.5, 0.6) is 0 Å². The van der Waals surface area contributed by atoms with Gasteiger partial charge < -0.3 is 5.11 Å². The van der Waals surface area contributed by atoms with Gasteiger partial charge in [0.05, 0.1) is 22.6 Å². The molecule has 9 heteroatoms. The Morgan fingerprint density at radius 2 is 1.97 bits per heavy atom. The molecule has 1 aromatic carbocycles. The van der Waals surface area contributed by atoms with Gasteiger partial charge in [-0.2, -0.15) is 18.3 Å². The number of hydrogen-bond donors (Lipinski definition) is 2. The molecule has 2 atom stereocenters. The maximum Gasteiger partial charge on any atom is 0.416 e. The molecule has 0 amide bonds. The minimum Gasteiger partial charge on any atom is -0.374 e. The summed E-state index contributed by atoms with van der Waals surface area (Å²) in [5.74, 6) is 0.581. The molecule has 30 heavy (non-hydrogen) atoms. The number of rotatable bonds is 3. The monoisotopic (exact) mass is 417 g/mol. The van der Waals surface area contributed by atoms with E-state index >= 15 is 0 Å². The predicted octanol–water partition coefficient (Wildman–Crippen LogP) is 3.94. The van der Waals surface area contributed by atoms with Gasteiger partial charge in [-0.25, -0.2) is 9.97 Å². The van der Waals surface area contributed by atoms with Crippen LogP contribution in [-0.4, -0.2) is 36.2 Å². The highest BCUT2D eigenvalue weighted by Gasteiger charge is 2.36. The quantitative estimate of drug-likeness (QED) is 0.675. The van der Waals surface area contributed by atoms with E-state index in [4.69, 9.17) is 0 Å². The molecule has 1 aliphatic heterocycles. The van der Waals surface area contributed by atoms with E-state index in [1.807, 2.05) is 13.0 Å². The fraction of sp³-hybridized carbons (Fsp3) is 0.381. The summed E-state index contributed by atoms with van der Waals surface area (Å²) in [5, 5.41) is 17.9. The van der Waals surface area contributed by atoms with E-state index in [1.54, 1.807) is 24.1 Å². The number of nitrogens with one attached hydrogen (secondary N) is 1. The highest BCUT2D eigenvalue weighted by atomic mass is 19.4. The van der Waals surface area contributed by atoms with Gasteiger partial charge >= 0.3 is 6.18 Å². The van der Waals surface area contributed by atoms with Crippen molar-refractivity contribution in [3.63, 3.8) is 0 Å². The molecule has 158 valence electrons. The van der Waals surface area contributed by atoms with Crippen LogP contribution in [0.2, 0.25) is 0 Å². The average molecular weight is 417 g/mol. The minimum atomic E-state index is -4.47. The van der Waals surface area contributed by atoms with Crippen molar-refractivity contribution in [2.75, 3.05) is 0 Å². The number of aromatic amines is 1. The number of H-pyrrole nitrogens is 1. The Morgan fingerprint density at radius 3 is 2.63 bits per heavy atom. The first-order valence-corrected chi connectivity index (χ1v) is 9.63. The number of hydrogen-bond acceptors (Lipinski definition) is 5. The summed E-state index contributed by atoms with van der Waals surface area (Å²) in [6.07, 6.45) is -3.44. The third-order valence-corrected chi connectivity index (χ3v) is 5.63. The standard InChI is InChI=1S/C21H22F3N5O/c1-11-9-15-18(26-13(3)27-19(15)17-7-8-25-28-17)10-29(11)20(30)14-5-4-6-16(12(14)2)21(22,23)24/h4-8,11,20,30H,9-10H2,1-3H3,(H,25,28). The van der Waals surface area contributed by atoms with E-state index in [2.05, 4.69) is 20.2 Å². The minimum absolute atomic E-state index is 0.0347. The molecule has 1 aliphatic rings. The third kappa shape index (κ3) is 3.59. The number of benzene rings is 1. The molecule has 3 heterocycles. The van der Waals surface area contributed by atoms with E-state index in [1.165, 1.54) is 13.0 Å². The van der Waals surface area contributed by atoms with E-state index in [0.29, 0.717) is 18.8 Å². The van der Waals surface area contributed by atoms with E-state index in [-0.39, 0.29) is 17.2 Å². The number of alkyl halides is 3. The van der Waals surface area contributed by atoms with Gasteiger partial charge in [0.1, 0.15) is 12.1 Å². The van der Waals surface area contributed by atoms with Crippen molar-refractivity contribution in [2.24, 2.45) is 0 Å². The first-order chi connectivity index (χ1) is 14.2. The largest absolute Gasteiger partial charge is 0.416 e. The van der Waals surface area contributed by atoms with Gasteiger partial charge in [0.15, 0.2) is 0 Å². The molecule has 0 saturated carbocycles. The molecule has 4 rings (SSSR count). The van der Waals surface area contributed by atoms with Crippen molar-refractivity contribution >= 4 is 0 Å². The highest BCUT2D eigenvalue weighted by Crippen LogP contribution is 2.38. The molecule has 6 nitrogen and oxygen atoms in total. The highest BCUT2D eigenvalue weighted by molar-refractivity contribution is 5.60. The van der Waals surface area contributed by atoms with Crippen molar-refractivity contribution in [2.45, 2.75) is 52.2 Å². The summed E-state index contributed by atoms with van der Waals surface area (Å²) in [7, 11) is 0. The van der Waals surface area contributed by atoms with Crippen LogP contribution in [0.4, 0.5) is 13.2 Å². The normalized spacial score (nSPS) is 18.3. The molecule has 0 saturated heterocycles. The Balaban J connectivity index is 1.71. The number of aliphatic hydroxyl groups is 1. The summed E-state index contributed by atoms with van der Waals surface area (Å²) in [5.41, 5.74) is 2.82. The number of halogens is 3. The van der Waals surface area contributed by atoms with Crippen LogP contribution in [0.3, 0.4) is 0 Å². The summed E-state index contributed by atoms with van der Waals surface area (Å²) < 4.78 is 39.9. The van der Waals surface area contributed by atoms with Crippen LogP contribution in [0, 0.1) is 13.8 Å². The zero-order valence-corrected chi connectivity index (χ0v) is 16.8. The summed E-state index contributed by atoms with van der Waals surface area (Å²) in [6.45, 7) is 5.42. The SMILES string of the molecule is Cc1nc2c(c(-c3ccn[nH]3)n1)CC(C)N(C(O)c1cccc(C(F)(F)F)c1C)C2. The molecule has 2 N–H and O–H groups in total. The molecular weight excluding hydrogens is 395 g/mol. The zero-order chi connectivity index (χ0) is 21.6. The lowest BCUT2D eigenvalue weighted by molar-refractivity contribution is -0.138. The third-order valence-electron chi connectivity index (χ3n) is 5.63. The summed E-state index contributed by atoms with van der Waals surface area (Å²) in [4.78, 5) is 10.9. The second kappa shape index (κ2) is 7.48. The maximum absolute atomic E-state index is 13.3. The summed E-state index contributed by atoms with van der Waals surface area (Å²) >= 11 is 0. The molecule has 0 spiro atoms. The van der Waals surface area contributed by atoms with Crippen LogP contribution in [-0.2, 0) is 19.1 Å². The molecule has 0 bridgehead atoms. The molecule has 0 aliphatic carbocycles. The molecule has 0 fully saturated rings. The van der Waals surface area contributed by atoms with Crippen molar-refractivity contribution in [3.8, 4) is 11.4 Å². The van der Waals surface area contributed by atoms with Gasteiger partial charge in [0, 0.05) is 24.3 Å². The number of aliphatic hydroxyl groups excluding tert-OH is 1. The van der Waals surface area contributed by atoms with Crippen LogP contribution in [0.15, 0.2) is 30.5 Å². The summed E-state index contributed by atoms with van der Waals surface area (Å²) in [6, 6.07) is 5.61. The maximum atomic E-state index is 13.3. The molecule has 3 aromatic rings. The van der Waals surface area contributed by atoms with Gasteiger partial charge in [-0.3, -0.25) is 10.00 Å². The lowest BCUT2D eigenvalue weighted by Gasteiger charge is -2.38. The molecule has 2 aromatic heterocycles. The number of aryl methyl sites for hydroxylation is 1. The molecular formula is C21H22F3N5O. The van der Waals surface area contributed by atoms with Crippen LogP contribution in [0.25, 0.3) is 11.4 Å². The van der Waals surface area contributed by atoms with Crippen molar-refractivity contribution in [3.05, 3.63) is 64.2 Å². The van der Waals surface area contributed by atoms with Crippen molar-refractivity contribution < 1.29 is 18.3 Å². The van der Waals surface area contributed by atoms with Gasteiger partial charge in [-0.1, -0.05) is 12.1 Å². The molecule has 2 unspecified atom stereocenters. The van der Waals surface area contributed by atoms with Gasteiger partial charge in [-0.15, -0.1) is 0 Å². The smallest absolute Gasteiger partial charge is 0.374 e. The zero-order valence-electron chi connectivity index (χ0n) is 16.8. The van der Waals surface area contributed by atoms with Crippen LogP contribution in [0.1, 0.15) is 46.9 Å². The first kappa shape index (κ1) is 20.5. The van der Waals surface area contributed by atoms with Crippen molar-refractivity contribution in [1.29, 1.82) is 0 Å². The fourth-order valence-electron chi connectivity index (χ4n) is 4.10. The lowest BCUT2D eigenvalue weighted by atomic mass is 9.93. The Labute approximate surface area is 171 Å². The number of aromatic nitrogens is 4. The van der Waals surface area contributed by atoms with Crippen LogP contribution >= 0.6 is 0 Å². The Kier molecular flexibility index (Phi) is 5.11. The van der Waals surface area contributed by atoms with Crippen molar-refractivity contribution in [1.82, 2.24) is 25.1 Å².